The summed E-state index contributed by atoms with van der Waals surface area (Å²) in [6, 6.07) is 8.97. The average Bonchev–Trinajstić information content (AvgIpc) is 2.81. The molecule has 0 unspecified atom stereocenters. The molecule has 5 heteroatoms. The van der Waals surface area contributed by atoms with E-state index in [-0.39, 0.29) is 18.8 Å². The Bertz CT molecular complexity index is 713. The number of esters is 1. The van der Waals surface area contributed by atoms with Crippen LogP contribution < -0.4 is 4.74 Å². The van der Waals surface area contributed by atoms with Crippen LogP contribution in [0.2, 0.25) is 0 Å². The van der Waals surface area contributed by atoms with E-state index in [1.807, 2.05) is 31.5 Å². The van der Waals surface area contributed by atoms with Gasteiger partial charge in [-0.15, -0.1) is 0 Å². The van der Waals surface area contributed by atoms with E-state index in [9.17, 15) is 9.59 Å². The van der Waals surface area contributed by atoms with Crippen molar-refractivity contribution in [3.05, 3.63) is 52.8 Å². The van der Waals surface area contributed by atoms with Crippen molar-refractivity contribution in [2.75, 3.05) is 13.7 Å². The second kappa shape index (κ2) is 7.13. The topological polar surface area (TPSA) is 57.5 Å². The molecular formula is C18H21NO4. The Hall–Kier alpha value is -2.56. The molecular weight excluding hydrogens is 294 g/mol. The van der Waals surface area contributed by atoms with Crippen LogP contribution in [0.5, 0.6) is 5.75 Å². The van der Waals surface area contributed by atoms with E-state index in [0.29, 0.717) is 5.56 Å². The summed E-state index contributed by atoms with van der Waals surface area (Å²) in [4.78, 5) is 24.0. The predicted molar refractivity (Wildman–Crippen MR) is 86.9 cm³/mol. The van der Waals surface area contributed by atoms with Crippen molar-refractivity contribution >= 4 is 11.8 Å². The molecule has 0 bridgehead atoms. The number of Topliss-reactive ketones (excluding diaryl/α,β-unsaturated/α-hetero) is 1. The molecule has 1 aromatic heterocycles. The van der Waals surface area contributed by atoms with E-state index in [1.54, 1.807) is 31.4 Å². The molecule has 0 saturated carbocycles. The number of benzene rings is 1. The summed E-state index contributed by atoms with van der Waals surface area (Å²) in [5.74, 6) is 0.121. The Morgan fingerprint density at radius 2 is 1.78 bits per heavy atom. The van der Waals surface area contributed by atoms with Crippen molar-refractivity contribution in [3.8, 4) is 5.75 Å². The summed E-state index contributed by atoms with van der Waals surface area (Å²) in [6.45, 7) is 3.57. The van der Waals surface area contributed by atoms with Gasteiger partial charge < -0.3 is 14.0 Å². The van der Waals surface area contributed by atoms with Crippen LogP contribution in [0.25, 0.3) is 0 Å². The van der Waals surface area contributed by atoms with E-state index in [4.69, 9.17) is 9.47 Å². The van der Waals surface area contributed by atoms with Crippen LogP contribution in [0.1, 0.15) is 27.3 Å². The molecule has 0 spiro atoms. The van der Waals surface area contributed by atoms with Gasteiger partial charge in [-0.05, 0) is 37.6 Å². The molecule has 122 valence electrons. The van der Waals surface area contributed by atoms with Gasteiger partial charge >= 0.3 is 5.97 Å². The lowest BCUT2D eigenvalue weighted by Gasteiger charge is -2.06. The molecule has 0 fully saturated rings. The maximum atomic E-state index is 12.2. The van der Waals surface area contributed by atoms with Gasteiger partial charge in [0, 0.05) is 24.0 Å². The van der Waals surface area contributed by atoms with Gasteiger partial charge in [0.1, 0.15) is 5.75 Å². The van der Waals surface area contributed by atoms with E-state index in [0.717, 1.165) is 22.7 Å². The minimum absolute atomic E-state index is 0.129. The number of aryl methyl sites for hydroxylation is 1. The summed E-state index contributed by atoms with van der Waals surface area (Å²) in [5.41, 5.74) is 3.28. The minimum atomic E-state index is -0.422. The van der Waals surface area contributed by atoms with Gasteiger partial charge in [-0.1, -0.05) is 12.1 Å². The molecule has 0 atom stereocenters. The second-order valence-corrected chi connectivity index (χ2v) is 5.45. The van der Waals surface area contributed by atoms with Crippen molar-refractivity contribution < 1.29 is 19.1 Å². The fourth-order valence-electron chi connectivity index (χ4n) is 2.32. The summed E-state index contributed by atoms with van der Waals surface area (Å²) < 4.78 is 12.1. The molecule has 0 aliphatic carbocycles. The predicted octanol–water partition coefficient (Wildman–Crippen LogP) is 2.62. The highest BCUT2D eigenvalue weighted by Crippen LogP contribution is 2.15. The first kappa shape index (κ1) is 16.8. The van der Waals surface area contributed by atoms with Crippen LogP contribution in [0.3, 0.4) is 0 Å². The molecule has 5 nitrogen and oxygen atoms in total. The molecule has 0 N–H and O–H groups in total. The van der Waals surface area contributed by atoms with E-state index in [1.165, 1.54) is 0 Å². The monoisotopic (exact) mass is 315 g/mol. The lowest BCUT2D eigenvalue weighted by Crippen LogP contribution is -2.16. The number of aromatic nitrogens is 1. The van der Waals surface area contributed by atoms with Crippen LogP contribution in [-0.2, 0) is 23.0 Å². The zero-order chi connectivity index (χ0) is 17.0. The molecule has 0 aliphatic rings. The molecule has 2 aromatic rings. The van der Waals surface area contributed by atoms with Gasteiger partial charge in [0.2, 0.25) is 5.78 Å². The number of ketones is 1. The Morgan fingerprint density at radius 1 is 1.13 bits per heavy atom. The molecule has 1 aromatic carbocycles. The summed E-state index contributed by atoms with van der Waals surface area (Å²) >= 11 is 0. The third-order valence-corrected chi connectivity index (χ3v) is 3.95. The number of rotatable bonds is 6. The maximum absolute atomic E-state index is 12.2. The van der Waals surface area contributed by atoms with E-state index in [2.05, 4.69) is 0 Å². The van der Waals surface area contributed by atoms with Crippen LogP contribution in [-0.4, -0.2) is 30.0 Å². The van der Waals surface area contributed by atoms with Gasteiger partial charge in [-0.3, -0.25) is 9.59 Å². The van der Waals surface area contributed by atoms with Gasteiger partial charge in [0.15, 0.2) is 6.61 Å². The Labute approximate surface area is 135 Å². The minimum Gasteiger partial charge on any atom is -0.497 e. The normalized spacial score (nSPS) is 10.4. The van der Waals surface area contributed by atoms with Crippen LogP contribution in [0.15, 0.2) is 30.3 Å². The smallest absolute Gasteiger partial charge is 0.310 e. The summed E-state index contributed by atoms with van der Waals surface area (Å²) in [7, 11) is 3.49. The third kappa shape index (κ3) is 4.00. The van der Waals surface area contributed by atoms with Crippen molar-refractivity contribution in [2.24, 2.45) is 7.05 Å². The lowest BCUT2D eigenvalue weighted by atomic mass is 10.1. The maximum Gasteiger partial charge on any atom is 0.310 e. The van der Waals surface area contributed by atoms with Gasteiger partial charge in [-0.25, -0.2) is 0 Å². The number of hydrogen-bond donors (Lipinski definition) is 0. The number of carbonyl (C=O) groups is 2. The molecule has 0 saturated heterocycles. The van der Waals surface area contributed by atoms with Gasteiger partial charge in [-0.2, -0.15) is 0 Å². The number of ether oxygens (including phenoxy) is 2. The first-order valence-corrected chi connectivity index (χ1v) is 7.37. The molecule has 0 aliphatic heterocycles. The van der Waals surface area contributed by atoms with Gasteiger partial charge in [0.05, 0.1) is 13.5 Å². The fraction of sp³-hybridized carbons (Fsp3) is 0.333. The van der Waals surface area contributed by atoms with E-state index >= 15 is 0 Å². The largest absolute Gasteiger partial charge is 0.497 e. The quantitative estimate of drug-likeness (QED) is 0.607. The zero-order valence-corrected chi connectivity index (χ0v) is 13.9. The number of nitrogens with zero attached hydrogens (tertiary/aromatic N) is 1. The van der Waals surface area contributed by atoms with Crippen molar-refractivity contribution in [2.45, 2.75) is 20.3 Å². The number of hydrogen-bond acceptors (Lipinski definition) is 4. The van der Waals surface area contributed by atoms with E-state index < -0.39 is 5.97 Å². The first-order chi connectivity index (χ1) is 10.9. The Morgan fingerprint density at radius 3 is 2.30 bits per heavy atom. The molecule has 1 heterocycles. The van der Waals surface area contributed by atoms with Crippen LogP contribution in [0.4, 0.5) is 0 Å². The third-order valence-electron chi connectivity index (χ3n) is 3.95. The van der Waals surface area contributed by atoms with Crippen molar-refractivity contribution in [1.29, 1.82) is 0 Å². The SMILES string of the molecule is COc1ccc(CC(=O)OCC(=O)c2cc(C)n(C)c2C)cc1. The molecule has 2 rings (SSSR count). The summed E-state index contributed by atoms with van der Waals surface area (Å²) in [6.07, 6.45) is 0.129. The Balaban J connectivity index is 1.90. The number of methoxy groups -OCH3 is 1. The standard InChI is InChI=1S/C18H21NO4/c1-12-9-16(13(2)19(12)3)17(20)11-23-18(21)10-14-5-7-15(22-4)8-6-14/h5-9H,10-11H2,1-4H3. The second-order valence-electron chi connectivity index (χ2n) is 5.45. The molecule has 0 radical (unpaired) electrons. The van der Waals surface area contributed by atoms with Crippen LogP contribution in [0, 0.1) is 13.8 Å². The molecule has 0 amide bonds. The Kier molecular flexibility index (Phi) is 5.21. The lowest BCUT2D eigenvalue weighted by molar-refractivity contribution is -0.141. The first-order valence-electron chi connectivity index (χ1n) is 7.37. The van der Waals surface area contributed by atoms with Crippen molar-refractivity contribution in [3.63, 3.8) is 0 Å². The molecule has 23 heavy (non-hydrogen) atoms. The van der Waals surface area contributed by atoms with Crippen LogP contribution >= 0.6 is 0 Å². The summed E-state index contributed by atoms with van der Waals surface area (Å²) in [5, 5.41) is 0. The average molecular weight is 315 g/mol. The fourth-order valence-corrected chi connectivity index (χ4v) is 2.32. The highest BCUT2D eigenvalue weighted by atomic mass is 16.5. The highest BCUT2D eigenvalue weighted by molar-refractivity contribution is 5.99. The number of carbonyl (C=O) groups excluding carboxylic acids is 2. The van der Waals surface area contributed by atoms with Gasteiger partial charge in [0.25, 0.3) is 0 Å². The van der Waals surface area contributed by atoms with Crippen molar-refractivity contribution in [1.82, 2.24) is 4.57 Å². The zero-order valence-electron chi connectivity index (χ0n) is 13.9. The highest BCUT2D eigenvalue weighted by Gasteiger charge is 2.16.